The van der Waals surface area contributed by atoms with Crippen molar-refractivity contribution in [3.63, 3.8) is 0 Å². The van der Waals surface area contributed by atoms with E-state index in [2.05, 4.69) is 21.2 Å². The Morgan fingerprint density at radius 2 is 1.52 bits per heavy atom. The Bertz CT molecular complexity index is 1750. The Kier molecular flexibility index (Phi) is 13.0. The number of anilines is 1. The first-order valence-electron chi connectivity index (χ1n) is 15.8. The van der Waals surface area contributed by atoms with Crippen molar-refractivity contribution in [2.75, 3.05) is 31.1 Å². The highest BCUT2D eigenvalue weighted by molar-refractivity contribution is 9.10. The van der Waals surface area contributed by atoms with Gasteiger partial charge in [0.2, 0.25) is 11.8 Å². The van der Waals surface area contributed by atoms with E-state index in [0.29, 0.717) is 29.1 Å². The van der Waals surface area contributed by atoms with Crippen LogP contribution in [0.4, 0.5) is 5.69 Å². The molecule has 0 aliphatic heterocycles. The van der Waals surface area contributed by atoms with Crippen molar-refractivity contribution in [3.8, 4) is 11.5 Å². The van der Waals surface area contributed by atoms with E-state index >= 15 is 0 Å². The van der Waals surface area contributed by atoms with Crippen molar-refractivity contribution in [3.05, 3.63) is 119 Å². The number of methoxy groups -OCH3 is 1. The molecule has 4 aromatic rings. The van der Waals surface area contributed by atoms with Crippen molar-refractivity contribution in [2.24, 2.45) is 5.92 Å². The van der Waals surface area contributed by atoms with Crippen molar-refractivity contribution in [2.45, 2.75) is 44.7 Å². The summed E-state index contributed by atoms with van der Waals surface area (Å²) < 4.78 is 41.3. The van der Waals surface area contributed by atoms with Gasteiger partial charge in [0, 0.05) is 24.0 Å². The van der Waals surface area contributed by atoms with Crippen LogP contribution in [0.3, 0.4) is 0 Å². The van der Waals surface area contributed by atoms with Crippen LogP contribution >= 0.6 is 15.9 Å². The van der Waals surface area contributed by atoms with Crippen LogP contribution in [0.1, 0.15) is 31.9 Å². The maximum absolute atomic E-state index is 14.6. The summed E-state index contributed by atoms with van der Waals surface area (Å²) >= 11 is 3.37. The second kappa shape index (κ2) is 17.2. The maximum Gasteiger partial charge on any atom is 0.264 e. The van der Waals surface area contributed by atoms with Crippen molar-refractivity contribution in [1.82, 2.24) is 10.2 Å². The SMILES string of the molecule is CCOc1ccc(N(CC(=O)N(Cc2cccc(OC)c2)C(Cc2ccccc2)C(=O)NCC(C)C)S(=O)(=O)c2ccc(Br)cc2)cc1. The van der Waals surface area contributed by atoms with Gasteiger partial charge in [-0.2, -0.15) is 0 Å². The molecular formula is C37H42BrN3O6S. The number of nitrogens with one attached hydrogen (secondary N) is 1. The van der Waals surface area contributed by atoms with Crippen molar-refractivity contribution >= 4 is 43.5 Å². The maximum atomic E-state index is 14.6. The molecule has 0 spiro atoms. The first kappa shape index (κ1) is 36.5. The molecule has 0 aromatic heterocycles. The number of rotatable bonds is 16. The molecule has 4 rings (SSSR count). The number of nitrogens with zero attached hydrogens (tertiary/aromatic N) is 2. The first-order chi connectivity index (χ1) is 23.0. The van der Waals surface area contributed by atoms with E-state index in [0.717, 1.165) is 15.4 Å². The number of carbonyl (C=O) groups is 2. The number of amides is 2. The molecular weight excluding hydrogens is 694 g/mol. The van der Waals surface area contributed by atoms with Crippen LogP contribution in [0.5, 0.6) is 11.5 Å². The number of ether oxygens (including phenoxy) is 2. The van der Waals surface area contributed by atoms with E-state index in [4.69, 9.17) is 9.47 Å². The molecule has 11 heteroatoms. The molecule has 0 saturated heterocycles. The first-order valence-corrected chi connectivity index (χ1v) is 18.0. The molecule has 9 nitrogen and oxygen atoms in total. The van der Waals surface area contributed by atoms with Crippen LogP contribution in [0.25, 0.3) is 0 Å². The van der Waals surface area contributed by atoms with Crippen LogP contribution in [-0.4, -0.2) is 58.0 Å². The van der Waals surface area contributed by atoms with Gasteiger partial charge in [-0.25, -0.2) is 8.42 Å². The van der Waals surface area contributed by atoms with E-state index in [-0.39, 0.29) is 35.4 Å². The van der Waals surface area contributed by atoms with E-state index in [1.54, 1.807) is 55.6 Å². The Labute approximate surface area is 292 Å². The molecule has 254 valence electrons. The highest BCUT2D eigenvalue weighted by Gasteiger charge is 2.34. The van der Waals surface area contributed by atoms with Gasteiger partial charge in [0.15, 0.2) is 0 Å². The van der Waals surface area contributed by atoms with Crippen molar-refractivity contribution < 1.29 is 27.5 Å². The molecule has 0 heterocycles. The number of benzene rings is 4. The van der Waals surface area contributed by atoms with Crippen LogP contribution in [0, 0.1) is 5.92 Å². The number of carbonyl (C=O) groups excluding carboxylic acids is 2. The lowest BCUT2D eigenvalue weighted by Gasteiger charge is -2.34. The van der Waals surface area contributed by atoms with E-state index in [1.165, 1.54) is 17.0 Å². The molecule has 4 aromatic carbocycles. The highest BCUT2D eigenvalue weighted by Crippen LogP contribution is 2.28. The zero-order valence-electron chi connectivity index (χ0n) is 27.6. The third-order valence-corrected chi connectivity index (χ3v) is 9.88. The Balaban J connectivity index is 1.81. The topological polar surface area (TPSA) is 105 Å². The number of hydrogen-bond acceptors (Lipinski definition) is 6. The summed E-state index contributed by atoms with van der Waals surface area (Å²) in [5.41, 5.74) is 1.86. The van der Waals surface area contributed by atoms with Crippen LogP contribution in [-0.2, 0) is 32.6 Å². The second-order valence-electron chi connectivity index (χ2n) is 11.6. The van der Waals surface area contributed by atoms with Crippen molar-refractivity contribution in [1.29, 1.82) is 0 Å². The van der Waals surface area contributed by atoms with Gasteiger partial charge in [0.25, 0.3) is 10.0 Å². The molecule has 0 bridgehead atoms. The summed E-state index contributed by atoms with van der Waals surface area (Å²) in [5, 5.41) is 3.00. The minimum absolute atomic E-state index is 0.0160. The van der Waals surface area contributed by atoms with Gasteiger partial charge in [-0.15, -0.1) is 0 Å². The Morgan fingerprint density at radius 3 is 2.15 bits per heavy atom. The average molecular weight is 737 g/mol. The molecule has 0 radical (unpaired) electrons. The number of sulfonamides is 1. The zero-order chi connectivity index (χ0) is 34.7. The monoisotopic (exact) mass is 735 g/mol. The minimum Gasteiger partial charge on any atom is -0.497 e. The summed E-state index contributed by atoms with van der Waals surface area (Å²) in [6.07, 6.45) is 0.225. The largest absolute Gasteiger partial charge is 0.497 e. The summed E-state index contributed by atoms with van der Waals surface area (Å²) in [4.78, 5) is 30.1. The summed E-state index contributed by atoms with van der Waals surface area (Å²) in [7, 11) is -2.67. The molecule has 1 unspecified atom stereocenters. The molecule has 0 saturated carbocycles. The van der Waals surface area contributed by atoms with E-state index in [9.17, 15) is 18.0 Å². The Morgan fingerprint density at radius 1 is 0.854 bits per heavy atom. The Hall–Kier alpha value is -4.35. The predicted octanol–water partition coefficient (Wildman–Crippen LogP) is 6.46. The predicted molar refractivity (Wildman–Crippen MR) is 192 cm³/mol. The van der Waals surface area contributed by atoms with Gasteiger partial charge in [-0.1, -0.05) is 72.2 Å². The standard InChI is InChI=1S/C37H42BrN3O6S/c1-5-47-32-18-16-31(17-19-32)41(48(44,45)34-20-14-30(38)15-21-34)26-36(42)40(25-29-12-9-13-33(22-29)46-4)35(37(43)39-24-27(2)3)23-28-10-7-6-8-11-28/h6-22,27,35H,5,23-26H2,1-4H3,(H,39,43). The van der Waals surface area contributed by atoms with Crippen LogP contribution < -0.4 is 19.1 Å². The summed E-state index contributed by atoms with van der Waals surface area (Å²) in [6.45, 7) is 6.19. The third-order valence-electron chi connectivity index (χ3n) is 7.56. The molecule has 0 aliphatic carbocycles. The minimum atomic E-state index is -4.23. The van der Waals surface area contributed by atoms with Gasteiger partial charge in [0.1, 0.15) is 24.1 Å². The lowest BCUT2D eigenvalue weighted by molar-refractivity contribution is -0.140. The fourth-order valence-corrected chi connectivity index (χ4v) is 6.76. The third kappa shape index (κ3) is 9.84. The van der Waals surface area contributed by atoms with Gasteiger partial charge in [-0.3, -0.25) is 13.9 Å². The van der Waals surface area contributed by atoms with Crippen LogP contribution in [0.2, 0.25) is 0 Å². The summed E-state index contributed by atoms with van der Waals surface area (Å²) in [6, 6.07) is 28.5. The molecule has 0 fully saturated rings. The smallest absolute Gasteiger partial charge is 0.264 e. The second-order valence-corrected chi connectivity index (χ2v) is 14.4. The molecule has 2 amide bonds. The molecule has 1 atom stereocenters. The van der Waals surface area contributed by atoms with Gasteiger partial charge < -0.3 is 19.7 Å². The lowest BCUT2D eigenvalue weighted by atomic mass is 10.0. The van der Waals surface area contributed by atoms with E-state index in [1.807, 2.05) is 63.2 Å². The quantitative estimate of drug-likeness (QED) is 0.142. The highest BCUT2D eigenvalue weighted by atomic mass is 79.9. The van der Waals surface area contributed by atoms with Crippen LogP contribution in [0.15, 0.2) is 112 Å². The molecule has 48 heavy (non-hydrogen) atoms. The van der Waals surface area contributed by atoms with Gasteiger partial charge in [-0.05, 0) is 84.6 Å². The lowest BCUT2D eigenvalue weighted by Crippen LogP contribution is -2.53. The zero-order valence-corrected chi connectivity index (χ0v) is 30.0. The summed E-state index contributed by atoms with van der Waals surface area (Å²) in [5.74, 6) is 0.468. The van der Waals surface area contributed by atoms with E-state index < -0.39 is 28.5 Å². The van der Waals surface area contributed by atoms with Gasteiger partial charge in [0.05, 0.1) is 24.3 Å². The number of halogens is 1. The van der Waals surface area contributed by atoms with Gasteiger partial charge >= 0.3 is 0 Å². The molecule has 1 N–H and O–H groups in total. The fraction of sp³-hybridized carbons (Fsp3) is 0.297. The molecule has 0 aliphatic rings. The average Bonchev–Trinajstić information content (AvgIpc) is 3.08. The number of hydrogen-bond donors (Lipinski definition) is 1. The normalized spacial score (nSPS) is 11.9. The fourth-order valence-electron chi connectivity index (χ4n) is 5.08.